The topological polar surface area (TPSA) is 99.7 Å². The minimum absolute atomic E-state index is 0.00337. The lowest BCUT2D eigenvalue weighted by Gasteiger charge is -2.32. The number of rotatable bonds is 8. The molecule has 0 saturated carbocycles. The van der Waals surface area contributed by atoms with E-state index in [9.17, 15) is 9.59 Å². The number of nitrogens with one attached hydrogen (secondary N) is 2. The molecule has 9 nitrogen and oxygen atoms in total. The number of fused-ring (bicyclic) bond motifs is 1. The van der Waals surface area contributed by atoms with E-state index in [4.69, 9.17) is 14.7 Å². The van der Waals surface area contributed by atoms with Gasteiger partial charge in [-0.2, -0.15) is 4.98 Å². The van der Waals surface area contributed by atoms with Crippen molar-refractivity contribution in [3.63, 3.8) is 0 Å². The van der Waals surface area contributed by atoms with Crippen LogP contribution in [0.15, 0.2) is 48.4 Å². The van der Waals surface area contributed by atoms with Gasteiger partial charge in [-0.25, -0.2) is 9.78 Å². The first-order chi connectivity index (χ1) is 18.3. The summed E-state index contributed by atoms with van der Waals surface area (Å²) in [5.74, 6) is 1.31. The number of ether oxygens (including phenoxy) is 1. The van der Waals surface area contributed by atoms with Gasteiger partial charge in [-0.15, -0.1) is 11.3 Å². The van der Waals surface area contributed by atoms with Crippen LogP contribution in [-0.2, 0) is 9.53 Å². The van der Waals surface area contributed by atoms with Crippen molar-refractivity contribution < 1.29 is 14.3 Å². The number of aromatic nitrogens is 2. The van der Waals surface area contributed by atoms with E-state index in [0.29, 0.717) is 24.4 Å². The van der Waals surface area contributed by atoms with Crippen LogP contribution >= 0.6 is 11.3 Å². The first kappa shape index (κ1) is 26.0. The number of hydrogen-bond acceptors (Lipinski definition) is 8. The van der Waals surface area contributed by atoms with Crippen molar-refractivity contribution in [3.05, 3.63) is 53.9 Å². The molecule has 200 valence electrons. The summed E-state index contributed by atoms with van der Waals surface area (Å²) in [7, 11) is 0. The molecule has 1 unspecified atom stereocenters. The maximum absolute atomic E-state index is 12.6. The Bertz CT molecular complexity index is 1320. The van der Waals surface area contributed by atoms with Crippen molar-refractivity contribution in [2.24, 2.45) is 5.92 Å². The van der Waals surface area contributed by atoms with E-state index in [2.05, 4.69) is 62.2 Å². The zero-order chi connectivity index (χ0) is 26.8. The van der Waals surface area contributed by atoms with Crippen molar-refractivity contribution in [3.8, 4) is 0 Å². The molecule has 2 amide bonds. The number of hydrogen-bond donors (Lipinski definition) is 2. The highest BCUT2D eigenvalue weighted by molar-refractivity contribution is 7.17. The predicted octanol–water partition coefficient (Wildman–Crippen LogP) is 5.43. The molecule has 4 heterocycles. The fourth-order valence-electron chi connectivity index (χ4n) is 5.00. The van der Waals surface area contributed by atoms with Gasteiger partial charge in [0.1, 0.15) is 6.61 Å². The third-order valence-corrected chi connectivity index (χ3v) is 8.20. The highest BCUT2D eigenvalue weighted by Crippen LogP contribution is 2.35. The number of piperidine rings is 1. The molecule has 2 N–H and O–H groups in total. The van der Waals surface area contributed by atoms with Gasteiger partial charge < -0.3 is 20.3 Å². The van der Waals surface area contributed by atoms with Gasteiger partial charge in [0.25, 0.3) is 0 Å². The molecule has 0 spiro atoms. The van der Waals surface area contributed by atoms with E-state index in [1.165, 1.54) is 17.4 Å². The molecule has 10 heteroatoms. The smallest absolute Gasteiger partial charge is 0.415 e. The molecule has 1 aromatic carbocycles. The summed E-state index contributed by atoms with van der Waals surface area (Å²) in [4.78, 5) is 37.5. The average molecular weight is 535 g/mol. The normalized spacial score (nSPS) is 19.1. The minimum atomic E-state index is -0.364. The van der Waals surface area contributed by atoms with Crippen molar-refractivity contribution in [1.29, 1.82) is 0 Å². The second-order valence-corrected chi connectivity index (χ2v) is 11.1. The molecular weight excluding hydrogens is 500 g/mol. The Morgan fingerprint density at radius 2 is 1.89 bits per heavy atom. The van der Waals surface area contributed by atoms with Gasteiger partial charge in [-0.1, -0.05) is 32.6 Å². The summed E-state index contributed by atoms with van der Waals surface area (Å²) in [6, 6.07) is 10.5. The van der Waals surface area contributed by atoms with Crippen LogP contribution in [0.25, 0.3) is 10.2 Å². The molecule has 38 heavy (non-hydrogen) atoms. The van der Waals surface area contributed by atoms with E-state index < -0.39 is 0 Å². The number of carbonyl (C=O) groups is 2. The number of likely N-dealkylation sites (tertiary alicyclic amines) is 1. The molecule has 0 bridgehead atoms. The molecule has 2 fully saturated rings. The highest BCUT2D eigenvalue weighted by Gasteiger charge is 2.38. The van der Waals surface area contributed by atoms with Crippen LogP contribution < -0.4 is 15.5 Å². The lowest BCUT2D eigenvalue weighted by Crippen LogP contribution is -2.41. The number of benzene rings is 1. The molecule has 3 aromatic rings. The fraction of sp³-hybridized carbons (Fsp3) is 0.429. The Morgan fingerprint density at radius 3 is 2.58 bits per heavy atom. The Kier molecular flexibility index (Phi) is 7.51. The second-order valence-electron chi connectivity index (χ2n) is 10.2. The molecule has 2 aromatic heterocycles. The molecule has 2 saturated heterocycles. The maximum Gasteiger partial charge on any atom is 0.415 e. The number of cyclic esters (lactones) is 1. The maximum atomic E-state index is 12.6. The number of nitrogens with zero attached hydrogens (tertiary/aromatic N) is 4. The summed E-state index contributed by atoms with van der Waals surface area (Å²) >= 11 is 1.53. The SMILES string of the molecule is C=CC(=O)N1CCC(Nc2ccc(C(C)Nc3nc(N4C(=O)OC[C@@H]4C(C)C)c4sccc4n3)cc2)CC1. The number of amides is 2. The molecule has 5 rings (SSSR count). The first-order valence-corrected chi connectivity index (χ1v) is 14.0. The van der Waals surface area contributed by atoms with Gasteiger partial charge in [-0.05, 0) is 60.9 Å². The average Bonchev–Trinajstić information content (AvgIpc) is 3.55. The summed E-state index contributed by atoms with van der Waals surface area (Å²) in [5, 5.41) is 8.98. The van der Waals surface area contributed by atoms with Crippen LogP contribution in [0.1, 0.15) is 45.2 Å². The number of anilines is 3. The van der Waals surface area contributed by atoms with Crippen LogP contribution in [0.2, 0.25) is 0 Å². The Morgan fingerprint density at radius 1 is 1.16 bits per heavy atom. The van der Waals surface area contributed by atoms with Gasteiger partial charge >= 0.3 is 6.09 Å². The summed E-state index contributed by atoms with van der Waals surface area (Å²) in [6.07, 6.45) is 2.84. The van der Waals surface area contributed by atoms with Gasteiger partial charge in [0, 0.05) is 24.8 Å². The van der Waals surface area contributed by atoms with E-state index in [1.54, 1.807) is 4.90 Å². The molecule has 0 aliphatic carbocycles. The lowest BCUT2D eigenvalue weighted by atomic mass is 10.0. The number of carbonyl (C=O) groups excluding carboxylic acids is 2. The lowest BCUT2D eigenvalue weighted by molar-refractivity contribution is -0.126. The third kappa shape index (κ3) is 5.31. The summed E-state index contributed by atoms with van der Waals surface area (Å²) in [6.45, 7) is 11.6. The highest BCUT2D eigenvalue weighted by atomic mass is 32.1. The third-order valence-electron chi connectivity index (χ3n) is 7.30. The monoisotopic (exact) mass is 534 g/mol. The predicted molar refractivity (Wildman–Crippen MR) is 152 cm³/mol. The largest absolute Gasteiger partial charge is 0.447 e. The molecule has 2 atom stereocenters. The van der Waals surface area contributed by atoms with Crippen LogP contribution in [0.3, 0.4) is 0 Å². The van der Waals surface area contributed by atoms with E-state index >= 15 is 0 Å². The van der Waals surface area contributed by atoms with Gasteiger partial charge in [-0.3, -0.25) is 9.69 Å². The fourth-order valence-corrected chi connectivity index (χ4v) is 5.82. The Balaban J connectivity index is 1.27. The standard InChI is InChI=1S/C28H34N6O3S/c1-5-24(35)33-13-10-21(11-14-33)30-20-8-6-19(7-9-20)18(4)29-27-31-22-12-15-38-25(22)26(32-27)34-23(17(2)3)16-37-28(34)36/h5-9,12,15,17-18,21,23,30H,1,10-11,13-14,16H2,2-4H3,(H,29,31,32)/t18?,23-/m1/s1. The van der Waals surface area contributed by atoms with E-state index in [1.807, 2.05) is 16.3 Å². The quantitative estimate of drug-likeness (QED) is 0.372. The van der Waals surface area contributed by atoms with Crippen molar-refractivity contribution in [2.45, 2.75) is 51.7 Å². The Labute approximate surface area is 226 Å². The first-order valence-electron chi connectivity index (χ1n) is 13.1. The Hall–Kier alpha value is -3.66. The second kappa shape index (κ2) is 11.0. The van der Waals surface area contributed by atoms with E-state index in [0.717, 1.165) is 47.4 Å². The van der Waals surface area contributed by atoms with Gasteiger partial charge in [0.05, 0.1) is 22.3 Å². The molecule has 2 aliphatic rings. The summed E-state index contributed by atoms with van der Waals surface area (Å²) < 4.78 is 6.26. The zero-order valence-electron chi connectivity index (χ0n) is 22.0. The van der Waals surface area contributed by atoms with Crippen LogP contribution in [0.4, 0.5) is 22.2 Å². The van der Waals surface area contributed by atoms with Crippen LogP contribution in [-0.4, -0.2) is 58.6 Å². The molecular formula is C28H34N6O3S. The van der Waals surface area contributed by atoms with Crippen molar-refractivity contribution in [1.82, 2.24) is 14.9 Å². The van der Waals surface area contributed by atoms with Crippen LogP contribution in [0.5, 0.6) is 0 Å². The minimum Gasteiger partial charge on any atom is -0.447 e. The van der Waals surface area contributed by atoms with Crippen molar-refractivity contribution in [2.75, 3.05) is 35.2 Å². The van der Waals surface area contributed by atoms with Crippen LogP contribution in [0, 0.1) is 5.92 Å². The van der Waals surface area contributed by atoms with Gasteiger partial charge in [0.2, 0.25) is 11.9 Å². The van der Waals surface area contributed by atoms with E-state index in [-0.39, 0.29) is 30.0 Å². The van der Waals surface area contributed by atoms with Gasteiger partial charge in [0.15, 0.2) is 5.82 Å². The zero-order valence-corrected chi connectivity index (χ0v) is 22.8. The molecule has 2 aliphatic heterocycles. The van der Waals surface area contributed by atoms with Crippen molar-refractivity contribution >= 4 is 51.0 Å². The summed E-state index contributed by atoms with van der Waals surface area (Å²) in [5.41, 5.74) is 2.95. The molecule has 0 radical (unpaired) electrons. The number of thiophene rings is 1.